The van der Waals surface area contributed by atoms with E-state index in [4.69, 9.17) is 9.84 Å². The van der Waals surface area contributed by atoms with Crippen molar-refractivity contribution in [1.82, 2.24) is 0 Å². The summed E-state index contributed by atoms with van der Waals surface area (Å²) in [5.41, 5.74) is 0. The van der Waals surface area contributed by atoms with Gasteiger partial charge in [-0.3, -0.25) is 0 Å². The van der Waals surface area contributed by atoms with E-state index in [1.165, 1.54) is 12.8 Å². The van der Waals surface area contributed by atoms with Crippen LogP contribution in [0.3, 0.4) is 0 Å². The molecule has 1 heterocycles. The molecule has 1 saturated carbocycles. The average Bonchev–Trinajstić information content (AvgIpc) is 2.58. The van der Waals surface area contributed by atoms with Crippen LogP contribution in [-0.2, 0) is 4.74 Å². The van der Waals surface area contributed by atoms with Crippen LogP contribution >= 0.6 is 0 Å². The second kappa shape index (κ2) is 1.96. The molecule has 52 valence electrons. The molecule has 0 aromatic heterocycles. The lowest BCUT2D eigenvalue weighted by Crippen LogP contribution is -2.11. The molecule has 1 aliphatic heterocycles. The fourth-order valence-electron chi connectivity index (χ4n) is 1.46. The number of hydrogen-bond donors (Lipinski definition) is 1. The summed E-state index contributed by atoms with van der Waals surface area (Å²) < 4.78 is 5.24. The minimum atomic E-state index is -0.449. The Bertz CT molecular complexity index is 109. The van der Waals surface area contributed by atoms with E-state index in [2.05, 4.69) is 0 Å². The molecule has 2 unspecified atom stereocenters. The molecule has 2 nitrogen and oxygen atoms in total. The Morgan fingerprint density at radius 2 is 1.89 bits per heavy atom. The molecule has 1 N–H and O–H groups in total. The molecule has 1 aliphatic carbocycles. The van der Waals surface area contributed by atoms with Gasteiger partial charge in [-0.05, 0) is 25.2 Å². The lowest BCUT2D eigenvalue weighted by molar-refractivity contribution is -0.0953. The Morgan fingerprint density at radius 1 is 1.11 bits per heavy atom. The Labute approximate surface area is 54.8 Å². The standard InChI is InChI=1S/C7H12O2/c8-7-4-3-6(9-7)5-1-2-5/h5-8H,1-4H2. The second-order valence-corrected chi connectivity index (χ2v) is 3.04. The summed E-state index contributed by atoms with van der Waals surface area (Å²) in [6, 6.07) is 0. The molecule has 2 aliphatic rings. The Balaban J connectivity index is 1.86. The molecule has 0 bridgehead atoms. The highest BCUT2D eigenvalue weighted by Gasteiger charge is 2.36. The first-order valence-electron chi connectivity index (χ1n) is 3.70. The minimum Gasteiger partial charge on any atom is -0.368 e. The van der Waals surface area contributed by atoms with Gasteiger partial charge in [-0.15, -0.1) is 0 Å². The first-order valence-corrected chi connectivity index (χ1v) is 3.70. The highest BCUT2D eigenvalue weighted by Crippen LogP contribution is 2.39. The normalized spacial score (nSPS) is 43.7. The predicted molar refractivity (Wildman–Crippen MR) is 32.8 cm³/mol. The summed E-state index contributed by atoms with van der Waals surface area (Å²) in [4.78, 5) is 0. The highest BCUT2D eigenvalue weighted by atomic mass is 16.6. The summed E-state index contributed by atoms with van der Waals surface area (Å²) in [6.07, 6.45) is 4.51. The van der Waals surface area contributed by atoms with E-state index in [1.807, 2.05) is 0 Å². The second-order valence-electron chi connectivity index (χ2n) is 3.04. The van der Waals surface area contributed by atoms with Gasteiger partial charge in [-0.1, -0.05) is 0 Å². The largest absolute Gasteiger partial charge is 0.368 e. The summed E-state index contributed by atoms with van der Waals surface area (Å²) in [7, 11) is 0. The van der Waals surface area contributed by atoms with Crippen LogP contribution in [0.4, 0.5) is 0 Å². The highest BCUT2D eigenvalue weighted by molar-refractivity contribution is 4.84. The van der Waals surface area contributed by atoms with E-state index in [0.29, 0.717) is 6.10 Å². The lowest BCUT2D eigenvalue weighted by Gasteiger charge is -2.06. The lowest BCUT2D eigenvalue weighted by atomic mass is 10.2. The maximum absolute atomic E-state index is 8.95. The number of ether oxygens (including phenoxy) is 1. The topological polar surface area (TPSA) is 29.5 Å². The van der Waals surface area contributed by atoms with Crippen LogP contribution in [-0.4, -0.2) is 17.5 Å². The zero-order valence-corrected chi connectivity index (χ0v) is 5.42. The van der Waals surface area contributed by atoms with Gasteiger partial charge in [0, 0.05) is 6.42 Å². The fourth-order valence-corrected chi connectivity index (χ4v) is 1.46. The van der Waals surface area contributed by atoms with Gasteiger partial charge >= 0.3 is 0 Å². The molecule has 1 saturated heterocycles. The Kier molecular flexibility index (Phi) is 1.24. The molecule has 0 amide bonds. The third kappa shape index (κ3) is 1.10. The number of aliphatic hydroxyl groups excluding tert-OH is 1. The maximum Gasteiger partial charge on any atom is 0.155 e. The molecule has 2 atom stereocenters. The van der Waals surface area contributed by atoms with Gasteiger partial charge in [0.25, 0.3) is 0 Å². The zero-order valence-electron chi connectivity index (χ0n) is 5.42. The minimum absolute atomic E-state index is 0.403. The van der Waals surface area contributed by atoms with E-state index in [0.717, 1.165) is 18.8 Å². The van der Waals surface area contributed by atoms with Gasteiger partial charge in [0.05, 0.1) is 6.10 Å². The van der Waals surface area contributed by atoms with Crippen molar-refractivity contribution in [1.29, 1.82) is 0 Å². The average molecular weight is 128 g/mol. The fraction of sp³-hybridized carbons (Fsp3) is 1.00. The molecule has 9 heavy (non-hydrogen) atoms. The van der Waals surface area contributed by atoms with Crippen LogP contribution in [0.25, 0.3) is 0 Å². The van der Waals surface area contributed by atoms with Gasteiger partial charge in [0.15, 0.2) is 6.29 Å². The van der Waals surface area contributed by atoms with Crippen molar-refractivity contribution in [3.05, 3.63) is 0 Å². The summed E-state index contributed by atoms with van der Waals surface area (Å²) in [5, 5.41) is 8.95. The van der Waals surface area contributed by atoms with Crippen LogP contribution in [0.2, 0.25) is 0 Å². The molecule has 0 aromatic rings. The van der Waals surface area contributed by atoms with Crippen molar-refractivity contribution in [2.75, 3.05) is 0 Å². The first kappa shape index (κ1) is 5.69. The van der Waals surface area contributed by atoms with Crippen molar-refractivity contribution in [2.45, 2.75) is 38.1 Å². The molecule has 0 spiro atoms. The van der Waals surface area contributed by atoms with Gasteiger partial charge < -0.3 is 9.84 Å². The van der Waals surface area contributed by atoms with Crippen LogP contribution in [0.1, 0.15) is 25.7 Å². The third-order valence-electron chi connectivity index (χ3n) is 2.18. The van der Waals surface area contributed by atoms with E-state index >= 15 is 0 Å². The molecule has 0 aromatic carbocycles. The summed E-state index contributed by atoms with van der Waals surface area (Å²) in [6.45, 7) is 0. The monoisotopic (exact) mass is 128 g/mol. The van der Waals surface area contributed by atoms with Crippen LogP contribution in [0.15, 0.2) is 0 Å². The van der Waals surface area contributed by atoms with Crippen LogP contribution in [0, 0.1) is 5.92 Å². The number of hydrogen-bond acceptors (Lipinski definition) is 2. The molecule has 2 rings (SSSR count). The van der Waals surface area contributed by atoms with E-state index in [9.17, 15) is 0 Å². The van der Waals surface area contributed by atoms with Crippen LogP contribution in [0.5, 0.6) is 0 Å². The number of aliphatic hydroxyl groups is 1. The summed E-state index contributed by atoms with van der Waals surface area (Å²) >= 11 is 0. The first-order chi connectivity index (χ1) is 4.36. The van der Waals surface area contributed by atoms with Crippen molar-refractivity contribution >= 4 is 0 Å². The smallest absolute Gasteiger partial charge is 0.155 e. The van der Waals surface area contributed by atoms with Gasteiger partial charge in [0.2, 0.25) is 0 Å². The van der Waals surface area contributed by atoms with Crippen molar-refractivity contribution in [2.24, 2.45) is 5.92 Å². The zero-order chi connectivity index (χ0) is 6.27. The molecule has 2 heteroatoms. The van der Waals surface area contributed by atoms with Gasteiger partial charge in [-0.25, -0.2) is 0 Å². The van der Waals surface area contributed by atoms with E-state index in [1.54, 1.807) is 0 Å². The number of rotatable bonds is 1. The molecular formula is C7H12O2. The predicted octanol–water partition coefficient (Wildman–Crippen LogP) is 0.894. The van der Waals surface area contributed by atoms with Gasteiger partial charge in [0.1, 0.15) is 0 Å². The van der Waals surface area contributed by atoms with Gasteiger partial charge in [-0.2, -0.15) is 0 Å². The molecular weight excluding hydrogens is 116 g/mol. The SMILES string of the molecule is OC1CCC(C2CC2)O1. The Morgan fingerprint density at radius 3 is 2.33 bits per heavy atom. The van der Waals surface area contributed by atoms with Crippen molar-refractivity contribution < 1.29 is 9.84 Å². The third-order valence-corrected chi connectivity index (χ3v) is 2.18. The quantitative estimate of drug-likeness (QED) is 0.568. The van der Waals surface area contributed by atoms with Crippen molar-refractivity contribution in [3.8, 4) is 0 Å². The maximum atomic E-state index is 8.95. The Hall–Kier alpha value is -0.0800. The molecule has 2 fully saturated rings. The van der Waals surface area contributed by atoms with Crippen LogP contribution < -0.4 is 0 Å². The van der Waals surface area contributed by atoms with E-state index in [-0.39, 0.29) is 0 Å². The molecule has 0 radical (unpaired) electrons. The van der Waals surface area contributed by atoms with Crippen molar-refractivity contribution in [3.63, 3.8) is 0 Å². The summed E-state index contributed by atoms with van der Waals surface area (Å²) in [5.74, 6) is 0.794. The van der Waals surface area contributed by atoms with E-state index < -0.39 is 6.29 Å².